The van der Waals surface area contributed by atoms with E-state index in [9.17, 15) is 0 Å². The topological polar surface area (TPSA) is 0 Å². The first-order valence-electron chi connectivity index (χ1n) is 3.69. The molecule has 0 aromatic heterocycles. The first-order chi connectivity index (χ1) is 6.00. The summed E-state index contributed by atoms with van der Waals surface area (Å²) in [6.45, 7) is 3.83. The summed E-state index contributed by atoms with van der Waals surface area (Å²) in [6.07, 6.45) is 0. The van der Waals surface area contributed by atoms with E-state index in [0.717, 1.165) is 16.7 Å². The Morgan fingerprint density at radius 2 is 1.38 bits per heavy atom. The standard InChI is InChI=1S/C9H8Cl4/c1-4-5(2)7(11)9(13)8(12)6(4)3-10/h3H2,1-2H3. The second kappa shape index (κ2) is 4.27. The molecule has 0 heterocycles. The summed E-state index contributed by atoms with van der Waals surface area (Å²) in [5.74, 6) is 0.350. The van der Waals surface area contributed by atoms with Gasteiger partial charge in [-0.05, 0) is 30.5 Å². The monoisotopic (exact) mass is 256 g/mol. The Morgan fingerprint density at radius 1 is 0.846 bits per heavy atom. The van der Waals surface area contributed by atoms with E-state index in [4.69, 9.17) is 46.4 Å². The summed E-state index contributed by atoms with van der Waals surface area (Å²) in [5.41, 5.74) is 2.80. The Bertz CT molecular complexity index is 315. The third kappa shape index (κ3) is 1.92. The van der Waals surface area contributed by atoms with Crippen LogP contribution >= 0.6 is 46.4 Å². The predicted molar refractivity (Wildman–Crippen MR) is 60.5 cm³/mol. The molecule has 4 heteroatoms. The van der Waals surface area contributed by atoms with Gasteiger partial charge in [0.25, 0.3) is 0 Å². The van der Waals surface area contributed by atoms with Crippen molar-refractivity contribution in [1.29, 1.82) is 0 Å². The highest BCUT2D eigenvalue weighted by molar-refractivity contribution is 6.49. The summed E-state index contributed by atoms with van der Waals surface area (Å²) >= 11 is 23.6. The average Bonchev–Trinajstić information content (AvgIpc) is 2.13. The van der Waals surface area contributed by atoms with E-state index in [-0.39, 0.29) is 0 Å². The average molecular weight is 258 g/mol. The lowest BCUT2D eigenvalue weighted by atomic mass is 10.0. The number of rotatable bonds is 1. The molecule has 0 unspecified atom stereocenters. The summed E-state index contributed by atoms with van der Waals surface area (Å²) in [4.78, 5) is 0. The zero-order valence-electron chi connectivity index (χ0n) is 7.22. The quantitative estimate of drug-likeness (QED) is 0.491. The van der Waals surface area contributed by atoms with Crippen LogP contribution < -0.4 is 0 Å². The Labute approximate surface area is 97.7 Å². The lowest BCUT2D eigenvalue weighted by Crippen LogP contribution is -1.93. The Balaban J connectivity index is 3.56. The highest BCUT2D eigenvalue weighted by Crippen LogP contribution is 2.38. The van der Waals surface area contributed by atoms with Crippen LogP contribution in [0, 0.1) is 13.8 Å². The van der Waals surface area contributed by atoms with Crippen molar-refractivity contribution >= 4 is 46.4 Å². The number of alkyl halides is 1. The molecule has 0 saturated carbocycles. The Kier molecular flexibility index (Phi) is 3.76. The molecule has 0 spiro atoms. The van der Waals surface area contributed by atoms with Crippen LogP contribution in [0.5, 0.6) is 0 Å². The van der Waals surface area contributed by atoms with Crippen LogP contribution in [0.1, 0.15) is 16.7 Å². The van der Waals surface area contributed by atoms with Crippen molar-refractivity contribution in [2.45, 2.75) is 19.7 Å². The van der Waals surface area contributed by atoms with E-state index >= 15 is 0 Å². The second-order valence-corrected chi connectivity index (χ2v) is 4.21. The molecule has 0 aliphatic carbocycles. The van der Waals surface area contributed by atoms with Gasteiger partial charge < -0.3 is 0 Å². The maximum absolute atomic E-state index is 5.98. The first kappa shape index (κ1) is 11.5. The van der Waals surface area contributed by atoms with E-state index in [1.165, 1.54) is 0 Å². The molecule has 13 heavy (non-hydrogen) atoms. The molecule has 0 aliphatic heterocycles. The largest absolute Gasteiger partial charge is 0.121 e. The van der Waals surface area contributed by atoms with Gasteiger partial charge in [0, 0.05) is 5.88 Å². The third-order valence-corrected chi connectivity index (χ3v) is 3.86. The minimum atomic E-state index is 0.350. The first-order valence-corrected chi connectivity index (χ1v) is 5.36. The van der Waals surface area contributed by atoms with Crippen LogP contribution in [0.4, 0.5) is 0 Å². The maximum Gasteiger partial charge on any atom is 0.0784 e. The number of benzene rings is 1. The van der Waals surface area contributed by atoms with Gasteiger partial charge in [0.1, 0.15) is 0 Å². The zero-order valence-corrected chi connectivity index (χ0v) is 10.2. The van der Waals surface area contributed by atoms with Gasteiger partial charge in [-0.2, -0.15) is 0 Å². The maximum atomic E-state index is 5.98. The van der Waals surface area contributed by atoms with Crippen LogP contribution in [-0.4, -0.2) is 0 Å². The molecular weight excluding hydrogens is 250 g/mol. The van der Waals surface area contributed by atoms with Gasteiger partial charge in [-0.15, -0.1) is 11.6 Å². The van der Waals surface area contributed by atoms with Crippen molar-refractivity contribution in [2.75, 3.05) is 0 Å². The molecule has 0 N–H and O–H groups in total. The molecule has 1 aromatic rings. The molecule has 0 radical (unpaired) electrons. The van der Waals surface area contributed by atoms with Gasteiger partial charge in [0.2, 0.25) is 0 Å². The molecule has 0 nitrogen and oxygen atoms in total. The molecule has 1 aromatic carbocycles. The van der Waals surface area contributed by atoms with Gasteiger partial charge in [-0.3, -0.25) is 0 Å². The van der Waals surface area contributed by atoms with Crippen LogP contribution in [0.2, 0.25) is 15.1 Å². The Morgan fingerprint density at radius 3 is 1.85 bits per heavy atom. The fraction of sp³-hybridized carbons (Fsp3) is 0.333. The van der Waals surface area contributed by atoms with Crippen LogP contribution in [0.15, 0.2) is 0 Å². The molecule has 1 rings (SSSR count). The van der Waals surface area contributed by atoms with E-state index in [2.05, 4.69) is 0 Å². The van der Waals surface area contributed by atoms with Crippen molar-refractivity contribution in [1.82, 2.24) is 0 Å². The second-order valence-electron chi connectivity index (χ2n) is 2.80. The van der Waals surface area contributed by atoms with Crippen LogP contribution in [0.25, 0.3) is 0 Å². The van der Waals surface area contributed by atoms with E-state index < -0.39 is 0 Å². The highest BCUT2D eigenvalue weighted by atomic mass is 35.5. The molecule has 0 saturated heterocycles. The fourth-order valence-corrected chi connectivity index (χ4v) is 2.35. The summed E-state index contributed by atoms with van der Waals surface area (Å²) < 4.78 is 0. The van der Waals surface area contributed by atoms with E-state index in [0.29, 0.717) is 20.9 Å². The van der Waals surface area contributed by atoms with E-state index in [1.807, 2.05) is 13.8 Å². The van der Waals surface area contributed by atoms with Crippen molar-refractivity contribution < 1.29 is 0 Å². The van der Waals surface area contributed by atoms with Crippen molar-refractivity contribution in [3.8, 4) is 0 Å². The smallest absolute Gasteiger partial charge is 0.0784 e. The lowest BCUT2D eigenvalue weighted by molar-refractivity contribution is 1.24. The molecular formula is C9H8Cl4. The van der Waals surface area contributed by atoms with Gasteiger partial charge in [-0.25, -0.2) is 0 Å². The minimum Gasteiger partial charge on any atom is -0.121 e. The van der Waals surface area contributed by atoms with Crippen LogP contribution in [0.3, 0.4) is 0 Å². The Hall–Kier alpha value is 0.380. The van der Waals surface area contributed by atoms with Gasteiger partial charge in [-0.1, -0.05) is 34.8 Å². The van der Waals surface area contributed by atoms with Gasteiger partial charge in [0.15, 0.2) is 0 Å². The fourth-order valence-electron chi connectivity index (χ4n) is 1.11. The number of halogens is 4. The molecule has 0 atom stereocenters. The molecule has 0 fully saturated rings. The van der Waals surface area contributed by atoms with Crippen molar-refractivity contribution in [3.63, 3.8) is 0 Å². The third-order valence-electron chi connectivity index (χ3n) is 2.13. The summed E-state index contributed by atoms with van der Waals surface area (Å²) in [6, 6.07) is 0. The molecule has 72 valence electrons. The molecule has 0 bridgehead atoms. The summed E-state index contributed by atoms with van der Waals surface area (Å²) in [5, 5.41) is 1.37. The van der Waals surface area contributed by atoms with Gasteiger partial charge in [0.05, 0.1) is 15.1 Å². The van der Waals surface area contributed by atoms with E-state index in [1.54, 1.807) is 0 Å². The minimum absolute atomic E-state index is 0.350. The van der Waals surface area contributed by atoms with Gasteiger partial charge >= 0.3 is 0 Å². The van der Waals surface area contributed by atoms with Crippen LogP contribution in [-0.2, 0) is 5.88 Å². The zero-order chi connectivity index (χ0) is 10.2. The van der Waals surface area contributed by atoms with Crippen molar-refractivity contribution in [3.05, 3.63) is 31.8 Å². The molecule has 0 amide bonds. The normalized spacial score (nSPS) is 10.6. The highest BCUT2D eigenvalue weighted by Gasteiger charge is 2.15. The SMILES string of the molecule is Cc1c(C)c(CCl)c(Cl)c(Cl)c1Cl. The van der Waals surface area contributed by atoms with Crippen molar-refractivity contribution in [2.24, 2.45) is 0 Å². The summed E-state index contributed by atoms with van der Waals surface area (Å²) in [7, 11) is 0. The number of hydrogen-bond donors (Lipinski definition) is 0. The molecule has 0 aliphatic rings. The lowest BCUT2D eigenvalue weighted by Gasteiger charge is -2.12. The predicted octanol–water partition coefficient (Wildman–Crippen LogP) is 5.00. The number of hydrogen-bond acceptors (Lipinski definition) is 0.